The molecule has 1 aliphatic heterocycles. The molecule has 2 amide bonds. The van der Waals surface area contributed by atoms with Crippen molar-refractivity contribution < 1.29 is 9.59 Å². The third-order valence-electron chi connectivity index (χ3n) is 3.62. The van der Waals surface area contributed by atoms with Gasteiger partial charge in [0, 0.05) is 44.4 Å². The predicted octanol–water partition coefficient (Wildman–Crippen LogP) is 0.717. The van der Waals surface area contributed by atoms with E-state index in [-0.39, 0.29) is 17.7 Å². The highest BCUT2D eigenvalue weighted by Crippen LogP contribution is 2.17. The highest BCUT2D eigenvalue weighted by molar-refractivity contribution is 5.83. The van der Waals surface area contributed by atoms with E-state index in [0.29, 0.717) is 25.9 Å². The zero-order chi connectivity index (χ0) is 14.4. The lowest BCUT2D eigenvalue weighted by atomic mass is 9.96. The Balaban J connectivity index is 1.75. The minimum atomic E-state index is -0.0685. The van der Waals surface area contributed by atoms with Crippen molar-refractivity contribution in [2.45, 2.75) is 32.6 Å². The van der Waals surface area contributed by atoms with Crippen molar-refractivity contribution >= 4 is 11.8 Å². The van der Waals surface area contributed by atoms with E-state index in [4.69, 9.17) is 0 Å². The Morgan fingerprint density at radius 1 is 1.60 bits per heavy atom. The first kappa shape index (κ1) is 14.6. The molecule has 0 bridgehead atoms. The second kappa shape index (κ2) is 7.07. The van der Waals surface area contributed by atoms with Crippen LogP contribution < -0.4 is 5.32 Å². The second-order valence-electron chi connectivity index (χ2n) is 5.20. The number of nitrogens with one attached hydrogen (secondary N) is 2. The molecule has 0 aliphatic carbocycles. The fraction of sp³-hybridized carbons (Fsp3) is 0.643. The summed E-state index contributed by atoms with van der Waals surface area (Å²) in [5.41, 5.74) is 1.01. The van der Waals surface area contributed by atoms with Gasteiger partial charge in [-0.2, -0.15) is 5.10 Å². The number of hydrogen-bond acceptors (Lipinski definition) is 3. The number of carbonyl (C=O) groups excluding carboxylic acids is 2. The van der Waals surface area contributed by atoms with Gasteiger partial charge < -0.3 is 10.2 Å². The summed E-state index contributed by atoms with van der Waals surface area (Å²) in [5, 5.41) is 9.68. The van der Waals surface area contributed by atoms with Gasteiger partial charge in [0.1, 0.15) is 0 Å². The van der Waals surface area contributed by atoms with Gasteiger partial charge in [0.25, 0.3) is 0 Å². The van der Waals surface area contributed by atoms with Gasteiger partial charge in [0.15, 0.2) is 0 Å². The Kier molecular flexibility index (Phi) is 5.15. The zero-order valence-corrected chi connectivity index (χ0v) is 11.9. The van der Waals surface area contributed by atoms with Crippen LogP contribution in [0.3, 0.4) is 0 Å². The van der Waals surface area contributed by atoms with Crippen LogP contribution in [0.5, 0.6) is 0 Å². The number of hydrogen-bond donors (Lipinski definition) is 2. The van der Waals surface area contributed by atoms with Crippen molar-refractivity contribution in [1.29, 1.82) is 0 Å². The number of H-pyrrole nitrogens is 1. The highest BCUT2D eigenvalue weighted by Gasteiger charge is 2.29. The van der Waals surface area contributed by atoms with E-state index in [0.717, 1.165) is 25.1 Å². The average molecular weight is 278 g/mol. The average Bonchev–Trinajstić information content (AvgIpc) is 2.94. The Morgan fingerprint density at radius 3 is 3.15 bits per heavy atom. The van der Waals surface area contributed by atoms with Crippen molar-refractivity contribution in [2.24, 2.45) is 5.92 Å². The molecule has 6 heteroatoms. The molecule has 0 unspecified atom stereocenters. The summed E-state index contributed by atoms with van der Waals surface area (Å²) in [6, 6.07) is 1.90. The van der Waals surface area contributed by atoms with Crippen LogP contribution in [0.4, 0.5) is 0 Å². The van der Waals surface area contributed by atoms with E-state index in [1.165, 1.54) is 0 Å². The molecule has 1 atom stereocenters. The van der Waals surface area contributed by atoms with Gasteiger partial charge in [-0.15, -0.1) is 0 Å². The minimum absolute atomic E-state index is 0.0538. The maximum Gasteiger partial charge on any atom is 0.224 e. The lowest BCUT2D eigenvalue weighted by molar-refractivity contribution is -0.138. The van der Waals surface area contributed by atoms with E-state index in [9.17, 15) is 9.59 Å². The first-order chi connectivity index (χ1) is 9.70. The summed E-state index contributed by atoms with van der Waals surface area (Å²) in [6.45, 7) is 3.94. The molecule has 110 valence electrons. The highest BCUT2D eigenvalue weighted by atomic mass is 16.2. The molecular weight excluding hydrogens is 256 g/mol. The third kappa shape index (κ3) is 3.82. The predicted molar refractivity (Wildman–Crippen MR) is 74.9 cm³/mol. The van der Waals surface area contributed by atoms with E-state index in [1.54, 1.807) is 6.20 Å². The van der Waals surface area contributed by atoms with Crippen LogP contribution >= 0.6 is 0 Å². The molecule has 2 heterocycles. The molecule has 0 radical (unpaired) electrons. The summed E-state index contributed by atoms with van der Waals surface area (Å²) >= 11 is 0. The molecular formula is C14H22N4O2. The number of carbonyl (C=O) groups is 2. The standard InChI is InChI=1S/C14H22N4O2/c1-2-9-18-10-11(3-4-13(18)19)14(20)15-7-5-12-6-8-16-17-12/h6,8,11H,2-5,7,9-10H2,1H3,(H,15,20)(H,16,17)/t11-/m0/s1. The number of amides is 2. The van der Waals surface area contributed by atoms with Gasteiger partial charge in [-0.1, -0.05) is 6.92 Å². The van der Waals surface area contributed by atoms with Crippen LogP contribution in [-0.2, 0) is 16.0 Å². The molecule has 0 spiro atoms. The fourth-order valence-electron chi connectivity index (χ4n) is 2.50. The normalized spacial score (nSPS) is 19.1. The van der Waals surface area contributed by atoms with Crippen LogP contribution in [0.2, 0.25) is 0 Å². The van der Waals surface area contributed by atoms with E-state index < -0.39 is 0 Å². The Bertz CT molecular complexity index is 444. The van der Waals surface area contributed by atoms with Crippen molar-refractivity contribution in [3.8, 4) is 0 Å². The van der Waals surface area contributed by atoms with Gasteiger partial charge in [0.2, 0.25) is 11.8 Å². The first-order valence-electron chi connectivity index (χ1n) is 7.24. The number of nitrogens with zero attached hydrogens (tertiary/aromatic N) is 2. The van der Waals surface area contributed by atoms with Crippen molar-refractivity contribution in [1.82, 2.24) is 20.4 Å². The second-order valence-corrected chi connectivity index (χ2v) is 5.20. The SMILES string of the molecule is CCCN1C[C@@H](C(=O)NCCc2ccn[nH]2)CCC1=O. The lowest BCUT2D eigenvalue weighted by Crippen LogP contribution is -2.46. The van der Waals surface area contributed by atoms with Gasteiger partial charge in [0.05, 0.1) is 5.92 Å². The summed E-state index contributed by atoms with van der Waals surface area (Å²) < 4.78 is 0. The monoisotopic (exact) mass is 278 g/mol. The Morgan fingerprint density at radius 2 is 2.45 bits per heavy atom. The number of piperidine rings is 1. The van der Waals surface area contributed by atoms with Crippen molar-refractivity contribution in [3.63, 3.8) is 0 Å². The maximum atomic E-state index is 12.1. The topological polar surface area (TPSA) is 78.1 Å². The maximum absolute atomic E-state index is 12.1. The smallest absolute Gasteiger partial charge is 0.224 e. The molecule has 1 aromatic heterocycles. The van der Waals surface area contributed by atoms with E-state index in [1.807, 2.05) is 17.9 Å². The van der Waals surface area contributed by atoms with E-state index in [2.05, 4.69) is 15.5 Å². The molecule has 2 N–H and O–H groups in total. The molecule has 1 aromatic rings. The number of aromatic nitrogens is 2. The zero-order valence-electron chi connectivity index (χ0n) is 11.9. The Hall–Kier alpha value is -1.85. The molecule has 1 saturated heterocycles. The summed E-state index contributed by atoms with van der Waals surface area (Å²) in [7, 11) is 0. The number of likely N-dealkylation sites (tertiary alicyclic amines) is 1. The van der Waals surface area contributed by atoms with Crippen LogP contribution in [-0.4, -0.2) is 46.5 Å². The first-order valence-corrected chi connectivity index (χ1v) is 7.24. The molecule has 2 rings (SSSR count). The van der Waals surface area contributed by atoms with Crippen LogP contribution in [0.15, 0.2) is 12.3 Å². The quantitative estimate of drug-likeness (QED) is 0.804. The van der Waals surface area contributed by atoms with Gasteiger partial charge >= 0.3 is 0 Å². The molecule has 6 nitrogen and oxygen atoms in total. The van der Waals surface area contributed by atoms with Crippen LogP contribution in [0.1, 0.15) is 31.9 Å². The van der Waals surface area contributed by atoms with Gasteiger partial charge in [-0.3, -0.25) is 14.7 Å². The summed E-state index contributed by atoms with van der Waals surface area (Å²) in [6.07, 6.45) is 4.52. The van der Waals surface area contributed by atoms with E-state index >= 15 is 0 Å². The molecule has 20 heavy (non-hydrogen) atoms. The molecule has 0 saturated carbocycles. The minimum Gasteiger partial charge on any atom is -0.355 e. The van der Waals surface area contributed by atoms with Crippen molar-refractivity contribution in [3.05, 3.63) is 18.0 Å². The number of rotatable bonds is 6. The molecule has 1 aliphatic rings. The molecule has 1 fully saturated rings. The molecule has 0 aromatic carbocycles. The van der Waals surface area contributed by atoms with Gasteiger partial charge in [-0.25, -0.2) is 0 Å². The third-order valence-corrected chi connectivity index (χ3v) is 3.62. The van der Waals surface area contributed by atoms with Gasteiger partial charge in [-0.05, 0) is 18.9 Å². The summed E-state index contributed by atoms with van der Waals surface area (Å²) in [4.78, 5) is 25.6. The largest absolute Gasteiger partial charge is 0.355 e. The van der Waals surface area contributed by atoms with Crippen molar-refractivity contribution in [2.75, 3.05) is 19.6 Å². The Labute approximate surface area is 118 Å². The fourth-order valence-corrected chi connectivity index (χ4v) is 2.50. The summed E-state index contributed by atoms with van der Waals surface area (Å²) in [5.74, 6) is 0.160. The van der Waals surface area contributed by atoms with Crippen LogP contribution in [0.25, 0.3) is 0 Å². The number of aromatic amines is 1. The lowest BCUT2D eigenvalue weighted by Gasteiger charge is -2.31. The van der Waals surface area contributed by atoms with Crippen LogP contribution in [0, 0.1) is 5.92 Å².